The molecule has 2 rings (SSSR count). The van der Waals surface area contributed by atoms with Crippen LogP contribution in [0.15, 0.2) is 28.7 Å². The van der Waals surface area contributed by atoms with Crippen LogP contribution in [0, 0.1) is 0 Å². The molecule has 1 saturated heterocycles. The maximum atomic E-state index is 10.5. The number of aliphatic carboxylic acids is 1. The van der Waals surface area contributed by atoms with Crippen LogP contribution in [-0.4, -0.2) is 17.2 Å². The average Bonchev–Trinajstić information content (AvgIpc) is 2.84. The molecule has 1 heterocycles. The molecule has 1 aliphatic heterocycles. The van der Waals surface area contributed by atoms with Gasteiger partial charge in [0, 0.05) is 4.47 Å². The summed E-state index contributed by atoms with van der Waals surface area (Å²) in [6.45, 7) is 0. The fourth-order valence-electron chi connectivity index (χ4n) is 1.24. The molecule has 0 unspecified atom stereocenters. The minimum atomic E-state index is -0.902. The van der Waals surface area contributed by atoms with E-state index in [4.69, 9.17) is 9.84 Å². The molecule has 0 spiro atoms. The first kappa shape index (κ1) is 8.72. The number of carboxylic acid groups (broad SMARTS) is 1. The topological polar surface area (TPSA) is 49.8 Å². The molecule has 0 bridgehead atoms. The van der Waals surface area contributed by atoms with Crippen molar-refractivity contribution in [1.29, 1.82) is 0 Å². The number of hydrogen-bond donors (Lipinski definition) is 1. The van der Waals surface area contributed by atoms with Crippen LogP contribution in [0.1, 0.15) is 11.7 Å². The maximum Gasteiger partial charge on any atom is 0.335 e. The molecule has 1 aromatic rings. The highest BCUT2D eigenvalue weighted by atomic mass is 79.9. The summed E-state index contributed by atoms with van der Waals surface area (Å²) in [6.07, 6.45) is -0.952. The molecule has 4 heteroatoms. The van der Waals surface area contributed by atoms with Gasteiger partial charge in [0.1, 0.15) is 6.10 Å². The first-order valence-corrected chi connectivity index (χ1v) is 4.62. The summed E-state index contributed by atoms with van der Waals surface area (Å²) in [5, 5.41) is 8.64. The second kappa shape index (κ2) is 3.12. The number of benzene rings is 1. The lowest BCUT2D eigenvalue weighted by Crippen LogP contribution is -2.04. The van der Waals surface area contributed by atoms with E-state index in [0.29, 0.717) is 0 Å². The van der Waals surface area contributed by atoms with Gasteiger partial charge in [-0.3, -0.25) is 0 Å². The monoisotopic (exact) mass is 242 g/mol. The maximum absolute atomic E-state index is 10.5. The predicted octanol–water partition coefficient (Wildman–Crippen LogP) is 1.97. The molecule has 13 heavy (non-hydrogen) atoms. The number of rotatable bonds is 2. The lowest BCUT2D eigenvalue weighted by Gasteiger charge is -1.97. The molecule has 1 fully saturated rings. The Bertz CT molecular complexity index is 350. The van der Waals surface area contributed by atoms with Crippen molar-refractivity contribution >= 4 is 21.9 Å². The van der Waals surface area contributed by atoms with Gasteiger partial charge in [-0.05, 0) is 11.6 Å². The summed E-state index contributed by atoms with van der Waals surface area (Å²) in [5.74, 6) is -0.902. The van der Waals surface area contributed by atoms with E-state index in [-0.39, 0.29) is 6.10 Å². The molecule has 0 saturated carbocycles. The summed E-state index contributed by atoms with van der Waals surface area (Å²) >= 11 is 3.34. The summed E-state index contributed by atoms with van der Waals surface area (Å²) in [4.78, 5) is 10.5. The highest BCUT2D eigenvalue weighted by Crippen LogP contribution is 2.41. The van der Waals surface area contributed by atoms with E-state index in [1.54, 1.807) is 0 Å². The summed E-state index contributed by atoms with van der Waals surface area (Å²) in [7, 11) is 0. The Morgan fingerprint density at radius 3 is 2.69 bits per heavy atom. The summed E-state index contributed by atoms with van der Waals surface area (Å²) in [6, 6.07) is 7.47. The van der Waals surface area contributed by atoms with Gasteiger partial charge in [0.2, 0.25) is 0 Å². The fourth-order valence-corrected chi connectivity index (χ4v) is 1.75. The number of halogens is 1. The van der Waals surface area contributed by atoms with Crippen molar-refractivity contribution in [1.82, 2.24) is 0 Å². The molecule has 1 N–H and O–H groups in total. The number of carboxylic acids is 1. The smallest absolute Gasteiger partial charge is 0.335 e. The molecular formula is C9H7BrO3. The molecule has 0 amide bonds. The highest BCUT2D eigenvalue weighted by molar-refractivity contribution is 9.10. The zero-order valence-electron chi connectivity index (χ0n) is 6.61. The number of ether oxygens (including phenoxy) is 1. The minimum absolute atomic E-state index is 0.284. The quantitative estimate of drug-likeness (QED) is 0.808. The van der Waals surface area contributed by atoms with Gasteiger partial charge in [0.15, 0.2) is 6.10 Å². The van der Waals surface area contributed by atoms with E-state index in [9.17, 15) is 4.79 Å². The summed E-state index contributed by atoms with van der Waals surface area (Å²) in [5.41, 5.74) is 0.898. The van der Waals surface area contributed by atoms with E-state index in [1.165, 1.54) is 0 Å². The van der Waals surface area contributed by atoms with Crippen molar-refractivity contribution < 1.29 is 14.6 Å². The van der Waals surface area contributed by atoms with Crippen LogP contribution < -0.4 is 0 Å². The van der Waals surface area contributed by atoms with Gasteiger partial charge in [0.25, 0.3) is 0 Å². The fraction of sp³-hybridized carbons (Fsp3) is 0.222. The summed E-state index contributed by atoms with van der Waals surface area (Å²) < 4.78 is 5.91. The van der Waals surface area contributed by atoms with Crippen LogP contribution in [0.2, 0.25) is 0 Å². The van der Waals surface area contributed by atoms with Crippen molar-refractivity contribution in [3.63, 3.8) is 0 Å². The molecule has 1 aliphatic rings. The van der Waals surface area contributed by atoms with Crippen LogP contribution in [0.3, 0.4) is 0 Å². The molecule has 68 valence electrons. The van der Waals surface area contributed by atoms with Gasteiger partial charge in [0.05, 0.1) is 0 Å². The Morgan fingerprint density at radius 1 is 1.46 bits per heavy atom. The van der Waals surface area contributed by atoms with Gasteiger partial charge in [-0.25, -0.2) is 4.79 Å². The molecule has 1 aromatic carbocycles. The Balaban J connectivity index is 2.21. The first-order valence-electron chi connectivity index (χ1n) is 3.83. The third-order valence-corrected chi connectivity index (χ3v) is 2.67. The van der Waals surface area contributed by atoms with Gasteiger partial charge in [-0.1, -0.05) is 34.1 Å². The molecular weight excluding hydrogens is 236 g/mol. The van der Waals surface area contributed by atoms with Crippen molar-refractivity contribution in [3.05, 3.63) is 34.3 Å². The van der Waals surface area contributed by atoms with E-state index >= 15 is 0 Å². The normalized spacial score (nSPS) is 25.6. The van der Waals surface area contributed by atoms with E-state index in [1.807, 2.05) is 24.3 Å². The van der Waals surface area contributed by atoms with Crippen LogP contribution in [0.5, 0.6) is 0 Å². The highest BCUT2D eigenvalue weighted by Gasteiger charge is 2.47. The van der Waals surface area contributed by atoms with Crippen LogP contribution in [0.4, 0.5) is 0 Å². The Labute approximate surface area is 83.5 Å². The molecule has 0 aromatic heterocycles. The van der Waals surface area contributed by atoms with E-state index in [0.717, 1.165) is 10.0 Å². The van der Waals surface area contributed by atoms with E-state index < -0.39 is 12.1 Å². The number of epoxide rings is 1. The third kappa shape index (κ3) is 1.59. The molecule has 2 atom stereocenters. The molecule has 0 radical (unpaired) electrons. The SMILES string of the molecule is O=C(O)[C@@H]1O[C@@H]1c1ccccc1Br. The standard InChI is InChI=1S/C9H7BrO3/c10-6-4-2-1-3-5(6)7-8(13-7)9(11)12/h1-4,7-8H,(H,11,12)/t7-,8-/m1/s1. The van der Waals surface area contributed by atoms with Gasteiger partial charge >= 0.3 is 5.97 Å². The van der Waals surface area contributed by atoms with Crippen LogP contribution >= 0.6 is 15.9 Å². The average molecular weight is 243 g/mol. The van der Waals surface area contributed by atoms with Gasteiger partial charge in [-0.2, -0.15) is 0 Å². The second-order valence-corrected chi connectivity index (χ2v) is 3.69. The zero-order valence-corrected chi connectivity index (χ0v) is 8.19. The Morgan fingerprint density at radius 2 is 2.15 bits per heavy atom. The number of carbonyl (C=O) groups is 1. The zero-order chi connectivity index (χ0) is 9.42. The van der Waals surface area contributed by atoms with Gasteiger partial charge in [-0.15, -0.1) is 0 Å². The second-order valence-electron chi connectivity index (χ2n) is 2.84. The molecule has 3 nitrogen and oxygen atoms in total. The minimum Gasteiger partial charge on any atom is -0.479 e. The van der Waals surface area contributed by atoms with Gasteiger partial charge < -0.3 is 9.84 Å². The number of hydrogen-bond acceptors (Lipinski definition) is 2. The van der Waals surface area contributed by atoms with Crippen molar-refractivity contribution in [2.75, 3.05) is 0 Å². The first-order chi connectivity index (χ1) is 6.20. The van der Waals surface area contributed by atoms with Crippen LogP contribution in [-0.2, 0) is 9.53 Å². The largest absolute Gasteiger partial charge is 0.479 e. The van der Waals surface area contributed by atoms with Crippen molar-refractivity contribution in [2.45, 2.75) is 12.2 Å². The van der Waals surface area contributed by atoms with Crippen molar-refractivity contribution in [2.24, 2.45) is 0 Å². The lowest BCUT2D eigenvalue weighted by molar-refractivity contribution is -0.138. The Hall–Kier alpha value is -0.870. The predicted molar refractivity (Wildman–Crippen MR) is 49.4 cm³/mol. The van der Waals surface area contributed by atoms with Crippen molar-refractivity contribution in [3.8, 4) is 0 Å². The van der Waals surface area contributed by atoms with E-state index in [2.05, 4.69) is 15.9 Å². The van der Waals surface area contributed by atoms with Crippen LogP contribution in [0.25, 0.3) is 0 Å². The Kier molecular flexibility index (Phi) is 2.09. The molecule has 0 aliphatic carbocycles. The third-order valence-electron chi connectivity index (χ3n) is 1.95. The lowest BCUT2D eigenvalue weighted by atomic mass is 10.1.